The van der Waals surface area contributed by atoms with Gasteiger partial charge in [-0.1, -0.05) is 0 Å². The Balaban J connectivity index is 3.22. The lowest BCUT2D eigenvalue weighted by molar-refractivity contribution is -0.0876. The van der Waals surface area contributed by atoms with Crippen LogP contribution in [-0.4, -0.2) is 42.7 Å². The molecule has 0 unspecified atom stereocenters. The minimum absolute atomic E-state index is 0.0723. The molecule has 4 nitrogen and oxygen atoms in total. The Hall–Kier alpha value is -0.483. The molecule has 0 aromatic carbocycles. The molecule has 70 valence electrons. The van der Waals surface area contributed by atoms with Crippen molar-refractivity contribution < 1.29 is 14.3 Å². The Labute approximate surface area is 74.8 Å². The molecule has 12 heavy (non-hydrogen) atoms. The molecular weight excluding hydrogens is 174 g/mol. The lowest BCUT2D eigenvalue weighted by atomic mass is 10.7. The number of carbonyl (C=O) groups excluding carboxylic acids is 1. The molecule has 0 bridgehead atoms. The van der Waals surface area contributed by atoms with Gasteiger partial charge in [0.05, 0.1) is 0 Å². The Kier molecular flexibility index (Phi) is 8.27. The molecule has 0 N–H and O–H groups in total. The van der Waals surface area contributed by atoms with Gasteiger partial charge in [-0.2, -0.15) is 0 Å². The highest BCUT2D eigenvalue weighted by Crippen LogP contribution is 1.98. The molecule has 0 rings (SSSR count). The Morgan fingerprint density at radius 1 is 1.50 bits per heavy atom. The normalized spacial score (nSPS) is 10.9. The summed E-state index contributed by atoms with van der Waals surface area (Å²) < 4.78 is 10.0. The van der Waals surface area contributed by atoms with Gasteiger partial charge in [0.15, 0.2) is 6.29 Å². The quantitative estimate of drug-likeness (QED) is 0.185. The SMILES string of the molecule is COC(C[SiH2]CCN=C=O)OC. The number of nitrogens with zero attached hydrogens (tertiary/aromatic N) is 1. The highest BCUT2D eigenvalue weighted by Gasteiger charge is 2.03. The zero-order valence-corrected chi connectivity index (χ0v) is 8.99. The fourth-order valence-electron chi connectivity index (χ4n) is 0.879. The first-order valence-corrected chi connectivity index (χ1v) is 5.94. The molecular formula is C7H15NO3Si. The fourth-order valence-corrected chi connectivity index (χ4v) is 2.35. The van der Waals surface area contributed by atoms with Gasteiger partial charge in [0.2, 0.25) is 6.08 Å². The summed E-state index contributed by atoms with van der Waals surface area (Å²) in [4.78, 5) is 13.2. The van der Waals surface area contributed by atoms with Crippen LogP contribution >= 0.6 is 0 Å². The van der Waals surface area contributed by atoms with Crippen LogP contribution in [0.5, 0.6) is 0 Å². The van der Waals surface area contributed by atoms with Crippen molar-refractivity contribution in [2.45, 2.75) is 18.4 Å². The molecule has 0 heterocycles. The fraction of sp³-hybridized carbons (Fsp3) is 0.857. The van der Waals surface area contributed by atoms with Gasteiger partial charge in [-0.05, 0) is 12.1 Å². The van der Waals surface area contributed by atoms with E-state index in [0.717, 1.165) is 12.1 Å². The van der Waals surface area contributed by atoms with E-state index in [0.29, 0.717) is 6.54 Å². The average Bonchev–Trinajstić information content (AvgIpc) is 2.11. The predicted octanol–water partition coefficient (Wildman–Crippen LogP) is -0.0535. The monoisotopic (exact) mass is 189 g/mol. The van der Waals surface area contributed by atoms with Crippen molar-refractivity contribution in [1.29, 1.82) is 0 Å². The summed E-state index contributed by atoms with van der Waals surface area (Å²) in [5, 5.41) is 0. The van der Waals surface area contributed by atoms with Crippen LogP contribution in [0.1, 0.15) is 0 Å². The van der Waals surface area contributed by atoms with Gasteiger partial charge in [-0.25, -0.2) is 9.79 Å². The van der Waals surface area contributed by atoms with Crippen LogP contribution in [0.4, 0.5) is 0 Å². The number of aliphatic imine (C=N–C) groups is 1. The van der Waals surface area contributed by atoms with Crippen molar-refractivity contribution >= 4 is 15.6 Å². The molecule has 0 fully saturated rings. The number of methoxy groups -OCH3 is 2. The average molecular weight is 189 g/mol. The summed E-state index contributed by atoms with van der Waals surface area (Å²) in [5.74, 6) is 0. The molecule has 0 amide bonds. The smallest absolute Gasteiger partial charge is 0.234 e. The molecule has 0 aliphatic heterocycles. The predicted molar refractivity (Wildman–Crippen MR) is 49.0 cm³/mol. The van der Waals surface area contributed by atoms with E-state index in [4.69, 9.17) is 9.47 Å². The Bertz CT molecular complexity index is 144. The van der Waals surface area contributed by atoms with Crippen molar-refractivity contribution in [3.05, 3.63) is 0 Å². The van der Waals surface area contributed by atoms with Crippen LogP contribution in [-0.2, 0) is 14.3 Å². The number of hydrogen-bond acceptors (Lipinski definition) is 4. The van der Waals surface area contributed by atoms with E-state index in [-0.39, 0.29) is 15.8 Å². The van der Waals surface area contributed by atoms with Crippen molar-refractivity contribution in [3.63, 3.8) is 0 Å². The van der Waals surface area contributed by atoms with Crippen LogP contribution in [0.25, 0.3) is 0 Å². The minimum atomic E-state index is -0.201. The first-order chi connectivity index (χ1) is 5.85. The Morgan fingerprint density at radius 3 is 2.67 bits per heavy atom. The second-order valence-electron chi connectivity index (χ2n) is 2.37. The summed E-state index contributed by atoms with van der Waals surface area (Å²) in [7, 11) is 3.06. The van der Waals surface area contributed by atoms with E-state index in [1.807, 2.05) is 0 Å². The van der Waals surface area contributed by atoms with E-state index < -0.39 is 0 Å². The maximum Gasteiger partial charge on any atom is 0.234 e. The maximum absolute atomic E-state index is 9.69. The second-order valence-corrected chi connectivity index (χ2v) is 4.36. The van der Waals surface area contributed by atoms with Gasteiger partial charge in [-0.3, -0.25) is 0 Å². The van der Waals surface area contributed by atoms with Crippen LogP contribution < -0.4 is 0 Å². The first-order valence-electron chi connectivity index (χ1n) is 3.94. The summed E-state index contributed by atoms with van der Waals surface area (Å²) in [5.41, 5.74) is 0. The summed E-state index contributed by atoms with van der Waals surface area (Å²) in [6.07, 6.45) is 1.45. The zero-order valence-electron chi connectivity index (χ0n) is 7.58. The lowest BCUT2D eigenvalue weighted by Gasteiger charge is -2.11. The van der Waals surface area contributed by atoms with Crippen molar-refractivity contribution in [3.8, 4) is 0 Å². The minimum Gasteiger partial charge on any atom is -0.356 e. The highest BCUT2D eigenvalue weighted by molar-refractivity contribution is 6.35. The van der Waals surface area contributed by atoms with Gasteiger partial charge in [0, 0.05) is 30.3 Å². The number of rotatable bonds is 7. The molecule has 5 heteroatoms. The van der Waals surface area contributed by atoms with Crippen molar-refractivity contribution in [1.82, 2.24) is 0 Å². The zero-order chi connectivity index (χ0) is 9.23. The second kappa shape index (κ2) is 8.61. The number of ether oxygens (including phenoxy) is 2. The van der Waals surface area contributed by atoms with Crippen LogP contribution in [0.2, 0.25) is 12.1 Å². The van der Waals surface area contributed by atoms with Crippen LogP contribution in [0.3, 0.4) is 0 Å². The summed E-state index contributed by atoms with van der Waals surface area (Å²) in [6, 6.07) is 1.99. The number of isocyanates is 1. The van der Waals surface area contributed by atoms with Crippen molar-refractivity contribution in [2.75, 3.05) is 20.8 Å². The van der Waals surface area contributed by atoms with E-state index in [9.17, 15) is 4.79 Å². The van der Waals surface area contributed by atoms with Crippen LogP contribution in [0, 0.1) is 0 Å². The highest BCUT2D eigenvalue weighted by atomic mass is 28.2. The lowest BCUT2D eigenvalue weighted by Crippen LogP contribution is -2.15. The van der Waals surface area contributed by atoms with E-state index >= 15 is 0 Å². The largest absolute Gasteiger partial charge is 0.356 e. The van der Waals surface area contributed by atoms with Gasteiger partial charge >= 0.3 is 0 Å². The first kappa shape index (κ1) is 11.5. The van der Waals surface area contributed by atoms with Gasteiger partial charge < -0.3 is 9.47 Å². The van der Waals surface area contributed by atoms with Crippen molar-refractivity contribution in [2.24, 2.45) is 4.99 Å². The topological polar surface area (TPSA) is 47.9 Å². The molecule has 0 aliphatic rings. The van der Waals surface area contributed by atoms with Gasteiger partial charge in [0.1, 0.15) is 0 Å². The maximum atomic E-state index is 9.69. The standard InChI is InChI=1S/C7H15NO3Si/c1-10-7(11-2)5-12-4-3-8-6-9/h7H,3-5,12H2,1-2H3. The third-order valence-electron chi connectivity index (χ3n) is 1.55. The summed E-state index contributed by atoms with van der Waals surface area (Å²) in [6.45, 7) is 0.607. The molecule has 0 atom stereocenters. The van der Waals surface area contributed by atoms with Gasteiger partial charge in [-0.15, -0.1) is 0 Å². The molecule has 0 aliphatic carbocycles. The van der Waals surface area contributed by atoms with E-state index in [1.165, 1.54) is 6.08 Å². The molecule has 0 saturated heterocycles. The van der Waals surface area contributed by atoms with Gasteiger partial charge in [0.25, 0.3) is 0 Å². The molecule has 0 radical (unpaired) electrons. The van der Waals surface area contributed by atoms with E-state index in [1.54, 1.807) is 14.2 Å². The summed E-state index contributed by atoms with van der Waals surface area (Å²) >= 11 is 0. The molecule has 0 saturated carbocycles. The Morgan fingerprint density at radius 2 is 2.17 bits per heavy atom. The third kappa shape index (κ3) is 6.24. The third-order valence-corrected chi connectivity index (χ3v) is 3.25. The molecule has 0 aromatic rings. The molecule has 0 aromatic heterocycles. The van der Waals surface area contributed by atoms with Crippen LogP contribution in [0.15, 0.2) is 4.99 Å². The number of hydrogen-bond donors (Lipinski definition) is 0. The van der Waals surface area contributed by atoms with E-state index in [2.05, 4.69) is 4.99 Å². The molecule has 0 spiro atoms.